The molecule has 1 aromatic carbocycles. The monoisotopic (exact) mass is 292 g/mol. The van der Waals surface area contributed by atoms with Crippen LogP contribution in [0.15, 0.2) is 40.2 Å². The van der Waals surface area contributed by atoms with E-state index in [0.717, 1.165) is 4.88 Å². The summed E-state index contributed by atoms with van der Waals surface area (Å²) in [6.45, 7) is 0. The van der Waals surface area contributed by atoms with Crippen LogP contribution in [0.5, 0.6) is 5.75 Å². The van der Waals surface area contributed by atoms with Gasteiger partial charge in [-0.1, -0.05) is 22.8 Å². The Morgan fingerprint density at radius 3 is 2.95 bits per heavy atom. The molecule has 0 unspecified atom stereocenters. The van der Waals surface area contributed by atoms with Gasteiger partial charge in [-0.05, 0) is 29.6 Å². The van der Waals surface area contributed by atoms with Gasteiger partial charge < -0.3 is 9.26 Å². The molecule has 0 bridgehead atoms. The summed E-state index contributed by atoms with van der Waals surface area (Å²) in [5, 5.41) is 6.53. The topological polar surface area (TPSA) is 48.2 Å². The van der Waals surface area contributed by atoms with Gasteiger partial charge in [0.1, 0.15) is 5.75 Å². The molecule has 3 rings (SSSR count). The summed E-state index contributed by atoms with van der Waals surface area (Å²) < 4.78 is 10.5. The zero-order chi connectivity index (χ0) is 13.2. The molecule has 0 radical (unpaired) electrons. The van der Waals surface area contributed by atoms with Gasteiger partial charge in [0.25, 0.3) is 5.89 Å². The van der Waals surface area contributed by atoms with Crippen molar-refractivity contribution in [2.75, 3.05) is 7.11 Å². The fourth-order valence-corrected chi connectivity index (χ4v) is 2.50. The smallest absolute Gasteiger partial charge is 0.268 e. The average molecular weight is 293 g/mol. The maximum Gasteiger partial charge on any atom is 0.268 e. The number of rotatable bonds is 3. The first kappa shape index (κ1) is 12.2. The molecule has 6 heteroatoms. The number of halogens is 1. The molecule has 0 amide bonds. The summed E-state index contributed by atoms with van der Waals surface area (Å²) in [5.41, 5.74) is 0.710. The molecule has 0 spiro atoms. The van der Waals surface area contributed by atoms with Crippen LogP contribution in [0, 0.1) is 0 Å². The number of aromatic nitrogens is 2. The van der Waals surface area contributed by atoms with E-state index in [4.69, 9.17) is 20.9 Å². The van der Waals surface area contributed by atoms with E-state index in [1.165, 1.54) is 0 Å². The Balaban J connectivity index is 2.06. The molecule has 0 atom stereocenters. The highest BCUT2D eigenvalue weighted by atomic mass is 35.5. The van der Waals surface area contributed by atoms with Crippen molar-refractivity contribution in [1.82, 2.24) is 10.1 Å². The lowest BCUT2D eigenvalue weighted by atomic mass is 10.2. The van der Waals surface area contributed by atoms with E-state index < -0.39 is 0 Å². The minimum absolute atomic E-state index is 0.461. The first-order valence-corrected chi connectivity index (χ1v) is 6.75. The zero-order valence-electron chi connectivity index (χ0n) is 9.96. The molecule has 0 aliphatic rings. The summed E-state index contributed by atoms with van der Waals surface area (Å²) in [7, 11) is 1.59. The lowest BCUT2D eigenvalue weighted by Crippen LogP contribution is -1.89. The van der Waals surface area contributed by atoms with Crippen molar-refractivity contribution in [3.63, 3.8) is 0 Å². The number of ether oxygens (including phenoxy) is 1. The van der Waals surface area contributed by atoms with Gasteiger partial charge in [0, 0.05) is 5.02 Å². The number of hydrogen-bond acceptors (Lipinski definition) is 5. The standard InChI is InChI=1S/C13H9ClN2O2S/c1-17-10-5-4-8(14)7-9(10)12-15-13(18-16-12)11-3-2-6-19-11/h2-7H,1H3. The summed E-state index contributed by atoms with van der Waals surface area (Å²) in [6.07, 6.45) is 0. The second-order valence-electron chi connectivity index (χ2n) is 3.75. The predicted octanol–water partition coefficient (Wildman–Crippen LogP) is 4.13. The molecule has 0 fully saturated rings. The van der Waals surface area contributed by atoms with Crippen molar-refractivity contribution >= 4 is 22.9 Å². The third kappa shape index (κ3) is 2.34. The summed E-state index contributed by atoms with van der Waals surface area (Å²) in [4.78, 5) is 5.30. The van der Waals surface area contributed by atoms with Crippen LogP contribution in [-0.2, 0) is 0 Å². The van der Waals surface area contributed by atoms with Crippen LogP contribution in [0.3, 0.4) is 0 Å². The summed E-state index contributed by atoms with van der Waals surface area (Å²) in [6, 6.07) is 9.15. The molecule has 2 aromatic heterocycles. The molecular formula is C13H9ClN2O2S. The largest absolute Gasteiger partial charge is 0.496 e. The van der Waals surface area contributed by atoms with Gasteiger partial charge in [-0.2, -0.15) is 4.98 Å². The molecule has 19 heavy (non-hydrogen) atoms. The van der Waals surface area contributed by atoms with Crippen LogP contribution in [0.1, 0.15) is 0 Å². The lowest BCUT2D eigenvalue weighted by Gasteiger charge is -2.04. The molecule has 0 saturated heterocycles. The van der Waals surface area contributed by atoms with E-state index in [-0.39, 0.29) is 0 Å². The van der Waals surface area contributed by atoms with Crippen molar-refractivity contribution in [2.24, 2.45) is 0 Å². The van der Waals surface area contributed by atoms with Gasteiger partial charge in [-0.3, -0.25) is 0 Å². The van der Waals surface area contributed by atoms with E-state index in [0.29, 0.717) is 28.1 Å². The fourth-order valence-electron chi connectivity index (χ4n) is 1.69. The zero-order valence-corrected chi connectivity index (χ0v) is 11.5. The van der Waals surface area contributed by atoms with Crippen LogP contribution in [0.4, 0.5) is 0 Å². The van der Waals surface area contributed by atoms with Crippen LogP contribution in [-0.4, -0.2) is 17.3 Å². The Hall–Kier alpha value is -1.85. The van der Waals surface area contributed by atoms with Crippen molar-refractivity contribution in [2.45, 2.75) is 0 Å². The average Bonchev–Trinajstić information content (AvgIpc) is 3.09. The maximum absolute atomic E-state index is 5.99. The van der Waals surface area contributed by atoms with Gasteiger partial charge in [0.2, 0.25) is 5.82 Å². The third-order valence-corrected chi connectivity index (χ3v) is 3.65. The highest BCUT2D eigenvalue weighted by molar-refractivity contribution is 7.13. The van der Waals surface area contributed by atoms with Crippen LogP contribution < -0.4 is 4.74 Å². The minimum atomic E-state index is 0.461. The van der Waals surface area contributed by atoms with Crippen molar-refractivity contribution in [3.05, 3.63) is 40.7 Å². The van der Waals surface area contributed by atoms with E-state index in [2.05, 4.69) is 10.1 Å². The Morgan fingerprint density at radius 1 is 1.32 bits per heavy atom. The third-order valence-electron chi connectivity index (χ3n) is 2.56. The highest BCUT2D eigenvalue weighted by Gasteiger charge is 2.15. The molecule has 0 N–H and O–H groups in total. The Morgan fingerprint density at radius 2 is 2.21 bits per heavy atom. The van der Waals surface area contributed by atoms with Gasteiger partial charge in [-0.25, -0.2) is 0 Å². The van der Waals surface area contributed by atoms with E-state index in [9.17, 15) is 0 Å². The van der Waals surface area contributed by atoms with E-state index in [1.54, 1.807) is 36.6 Å². The predicted molar refractivity (Wildman–Crippen MR) is 74.6 cm³/mol. The minimum Gasteiger partial charge on any atom is -0.496 e. The highest BCUT2D eigenvalue weighted by Crippen LogP contribution is 2.32. The van der Waals surface area contributed by atoms with Gasteiger partial charge in [-0.15, -0.1) is 11.3 Å². The van der Waals surface area contributed by atoms with Crippen LogP contribution >= 0.6 is 22.9 Å². The SMILES string of the molecule is COc1ccc(Cl)cc1-c1noc(-c2cccs2)n1. The number of methoxy groups -OCH3 is 1. The first-order chi connectivity index (χ1) is 9.28. The number of nitrogens with zero attached hydrogens (tertiary/aromatic N) is 2. The molecule has 4 nitrogen and oxygen atoms in total. The lowest BCUT2D eigenvalue weighted by molar-refractivity contribution is 0.413. The van der Waals surface area contributed by atoms with Crippen LogP contribution in [0.2, 0.25) is 5.02 Å². The number of thiophene rings is 1. The molecule has 0 saturated carbocycles. The Bertz CT molecular complexity index is 694. The second kappa shape index (κ2) is 5.03. The quantitative estimate of drug-likeness (QED) is 0.728. The van der Waals surface area contributed by atoms with Gasteiger partial charge in [0.15, 0.2) is 0 Å². The van der Waals surface area contributed by atoms with E-state index >= 15 is 0 Å². The Labute approximate surface area is 118 Å². The number of benzene rings is 1. The molecular weight excluding hydrogens is 284 g/mol. The van der Waals surface area contributed by atoms with Gasteiger partial charge in [0.05, 0.1) is 17.6 Å². The van der Waals surface area contributed by atoms with Crippen molar-refractivity contribution in [3.8, 4) is 27.9 Å². The molecule has 96 valence electrons. The molecule has 0 aliphatic carbocycles. The number of hydrogen-bond donors (Lipinski definition) is 0. The fraction of sp³-hybridized carbons (Fsp3) is 0.0769. The maximum atomic E-state index is 5.99. The summed E-state index contributed by atoms with van der Waals surface area (Å²) >= 11 is 7.53. The van der Waals surface area contributed by atoms with Crippen LogP contribution in [0.25, 0.3) is 22.2 Å². The molecule has 3 aromatic rings. The summed E-state index contributed by atoms with van der Waals surface area (Å²) in [5.74, 6) is 1.61. The second-order valence-corrected chi connectivity index (χ2v) is 5.13. The van der Waals surface area contributed by atoms with Gasteiger partial charge >= 0.3 is 0 Å². The van der Waals surface area contributed by atoms with Crippen molar-refractivity contribution < 1.29 is 9.26 Å². The molecule has 2 heterocycles. The Kier molecular flexibility index (Phi) is 3.23. The van der Waals surface area contributed by atoms with Crippen molar-refractivity contribution in [1.29, 1.82) is 0 Å². The van der Waals surface area contributed by atoms with E-state index in [1.807, 2.05) is 17.5 Å². The molecule has 0 aliphatic heterocycles. The first-order valence-electron chi connectivity index (χ1n) is 5.49. The normalized spacial score (nSPS) is 10.6.